The molecule has 1 heterocycles. The van der Waals surface area contributed by atoms with Gasteiger partial charge in [0.15, 0.2) is 0 Å². The Morgan fingerprint density at radius 3 is 2.53 bits per heavy atom. The van der Waals surface area contributed by atoms with E-state index in [4.69, 9.17) is 5.26 Å². The number of benzene rings is 2. The number of phenols is 1. The zero-order chi connectivity index (χ0) is 24.3. The maximum absolute atomic E-state index is 14.0. The third kappa shape index (κ3) is 5.22. The molecule has 0 spiro atoms. The van der Waals surface area contributed by atoms with Gasteiger partial charge in [0.2, 0.25) is 0 Å². The van der Waals surface area contributed by atoms with E-state index in [0.717, 1.165) is 25.0 Å². The third-order valence-corrected chi connectivity index (χ3v) is 5.71. The average Bonchev–Trinajstić information content (AvgIpc) is 3.58. The van der Waals surface area contributed by atoms with Crippen LogP contribution >= 0.6 is 0 Å². The van der Waals surface area contributed by atoms with Gasteiger partial charge >= 0.3 is 0 Å². The van der Waals surface area contributed by atoms with Crippen LogP contribution in [0.3, 0.4) is 0 Å². The number of halogens is 2. The predicted molar refractivity (Wildman–Crippen MR) is 122 cm³/mol. The molecule has 34 heavy (non-hydrogen) atoms. The Kier molecular flexibility index (Phi) is 6.30. The number of aryl methyl sites for hydroxylation is 1. The molecule has 1 aliphatic rings. The van der Waals surface area contributed by atoms with Crippen molar-refractivity contribution in [1.82, 2.24) is 10.3 Å². The molecule has 1 amide bonds. The van der Waals surface area contributed by atoms with E-state index in [2.05, 4.69) is 28.2 Å². The Morgan fingerprint density at radius 1 is 1.15 bits per heavy atom. The molecular weight excluding hydrogens is 436 g/mol. The maximum atomic E-state index is 14.0. The van der Waals surface area contributed by atoms with Gasteiger partial charge in [0.25, 0.3) is 5.91 Å². The molecule has 0 bridgehead atoms. The summed E-state index contributed by atoms with van der Waals surface area (Å²) >= 11 is 0. The van der Waals surface area contributed by atoms with Crippen LogP contribution in [0.4, 0.5) is 8.78 Å². The van der Waals surface area contributed by atoms with E-state index in [1.807, 2.05) is 0 Å². The summed E-state index contributed by atoms with van der Waals surface area (Å²) < 4.78 is 27.4. The number of carbonyl (C=O) groups excluding carboxylic acids is 1. The molecule has 0 radical (unpaired) electrons. The first-order valence-corrected chi connectivity index (χ1v) is 10.7. The minimum Gasteiger partial charge on any atom is -0.508 e. The first-order valence-electron chi connectivity index (χ1n) is 10.7. The second-order valence-electron chi connectivity index (χ2n) is 8.41. The van der Waals surface area contributed by atoms with E-state index in [1.165, 1.54) is 30.3 Å². The molecule has 3 aromatic rings. The van der Waals surface area contributed by atoms with Crippen LogP contribution in [0.1, 0.15) is 58.2 Å². The zero-order valence-electron chi connectivity index (χ0n) is 18.4. The van der Waals surface area contributed by atoms with Gasteiger partial charge in [-0.25, -0.2) is 13.8 Å². The van der Waals surface area contributed by atoms with Gasteiger partial charge in [-0.15, -0.1) is 0 Å². The lowest BCUT2D eigenvalue weighted by molar-refractivity contribution is 0.0937. The molecule has 1 unspecified atom stereocenters. The number of nitrogens with one attached hydrogen (secondary N) is 1. The molecule has 2 N–H and O–H groups in total. The van der Waals surface area contributed by atoms with Crippen molar-refractivity contribution in [2.24, 2.45) is 5.41 Å². The van der Waals surface area contributed by atoms with Crippen molar-refractivity contribution in [3.8, 4) is 23.7 Å². The number of nitrogens with zero attached hydrogens (tertiary/aromatic N) is 2. The minimum absolute atomic E-state index is 0.0948. The molecule has 1 fully saturated rings. The van der Waals surface area contributed by atoms with Gasteiger partial charge in [-0.1, -0.05) is 24.0 Å². The van der Waals surface area contributed by atoms with Crippen LogP contribution in [0.15, 0.2) is 54.6 Å². The van der Waals surface area contributed by atoms with Crippen LogP contribution in [0.25, 0.3) is 0 Å². The van der Waals surface area contributed by atoms with Gasteiger partial charge < -0.3 is 10.4 Å². The van der Waals surface area contributed by atoms with Crippen molar-refractivity contribution in [2.75, 3.05) is 0 Å². The Labute approximate surface area is 196 Å². The largest absolute Gasteiger partial charge is 0.508 e. The Balaban J connectivity index is 1.66. The number of aromatic hydroxyl groups is 1. The molecule has 0 aliphatic heterocycles. The van der Waals surface area contributed by atoms with Crippen LogP contribution in [0.5, 0.6) is 5.75 Å². The second kappa shape index (κ2) is 9.33. The highest BCUT2D eigenvalue weighted by Crippen LogP contribution is 2.47. The molecular formula is C27H21F2N3O2. The lowest BCUT2D eigenvalue weighted by Crippen LogP contribution is -2.30. The first kappa shape index (κ1) is 22.9. The summed E-state index contributed by atoms with van der Waals surface area (Å²) in [7, 11) is 0. The summed E-state index contributed by atoms with van der Waals surface area (Å²) in [6.45, 7) is 1.74. The topological polar surface area (TPSA) is 86.0 Å². The van der Waals surface area contributed by atoms with E-state index >= 15 is 0 Å². The van der Waals surface area contributed by atoms with Gasteiger partial charge in [-0.2, -0.15) is 5.26 Å². The number of nitriles is 1. The molecule has 2 aromatic carbocycles. The number of phenolic OH excluding ortho intramolecular Hbond substituents is 1. The van der Waals surface area contributed by atoms with Crippen LogP contribution in [-0.4, -0.2) is 16.0 Å². The summed E-state index contributed by atoms with van der Waals surface area (Å²) in [4.78, 5) is 17.5. The molecule has 1 aromatic heterocycles. The fourth-order valence-electron chi connectivity index (χ4n) is 3.67. The number of hydrogen-bond donors (Lipinski definition) is 2. The predicted octanol–water partition coefficient (Wildman–Crippen LogP) is 4.94. The van der Waals surface area contributed by atoms with Crippen LogP contribution in [-0.2, 0) is 0 Å². The normalized spacial score (nSPS) is 14.3. The lowest BCUT2D eigenvalue weighted by Gasteiger charge is -2.21. The highest BCUT2D eigenvalue weighted by Gasteiger charge is 2.40. The Morgan fingerprint density at radius 2 is 1.85 bits per heavy atom. The van der Waals surface area contributed by atoms with E-state index in [9.17, 15) is 18.7 Å². The van der Waals surface area contributed by atoms with E-state index < -0.39 is 23.6 Å². The van der Waals surface area contributed by atoms with Crippen LogP contribution < -0.4 is 5.32 Å². The molecule has 170 valence electrons. The van der Waals surface area contributed by atoms with Gasteiger partial charge in [0.05, 0.1) is 18.5 Å². The average molecular weight is 457 g/mol. The van der Waals surface area contributed by atoms with Crippen LogP contribution in [0, 0.1) is 47.1 Å². The first-order chi connectivity index (χ1) is 16.3. The van der Waals surface area contributed by atoms with Gasteiger partial charge in [0, 0.05) is 22.2 Å². The summed E-state index contributed by atoms with van der Waals surface area (Å²) in [5, 5.41) is 22.1. The molecule has 1 atom stereocenters. The van der Waals surface area contributed by atoms with Crippen molar-refractivity contribution < 1.29 is 18.7 Å². The minimum atomic E-state index is -0.953. The number of aromatic nitrogens is 1. The second-order valence-corrected chi connectivity index (χ2v) is 8.41. The summed E-state index contributed by atoms with van der Waals surface area (Å²) in [6.07, 6.45) is 2.12. The van der Waals surface area contributed by atoms with Crippen LogP contribution in [0.2, 0.25) is 0 Å². The van der Waals surface area contributed by atoms with Crippen molar-refractivity contribution in [3.63, 3.8) is 0 Å². The Hall–Kier alpha value is -4.23. The summed E-state index contributed by atoms with van der Waals surface area (Å²) in [5.74, 6) is 4.36. The fourth-order valence-corrected chi connectivity index (χ4v) is 3.67. The summed E-state index contributed by atoms with van der Waals surface area (Å²) in [6, 6.07) is 13.3. The highest BCUT2D eigenvalue weighted by atomic mass is 19.1. The molecule has 4 rings (SSSR count). The number of pyridine rings is 1. The zero-order valence-corrected chi connectivity index (χ0v) is 18.4. The number of carbonyl (C=O) groups is 1. The monoisotopic (exact) mass is 457 g/mol. The lowest BCUT2D eigenvalue weighted by atomic mass is 9.97. The van der Waals surface area contributed by atoms with E-state index in [1.54, 1.807) is 19.1 Å². The quantitative estimate of drug-likeness (QED) is 0.532. The smallest absolute Gasteiger partial charge is 0.270 e. The molecule has 5 nitrogen and oxygen atoms in total. The fraction of sp³-hybridized carbons (Fsp3) is 0.222. The molecule has 7 heteroatoms. The SMILES string of the molecule is Cc1cc(C#CC2(CC#N)CC2)cc(C(=O)NC(c2ccc(F)cc2)c2cc(F)ccc2O)n1. The highest BCUT2D eigenvalue weighted by molar-refractivity contribution is 5.93. The third-order valence-electron chi connectivity index (χ3n) is 5.71. The molecule has 1 saturated carbocycles. The standard InChI is InChI=1S/C27H21F2N3O2/c1-17-14-18(8-9-27(10-11-27)12-13-30)15-23(31-17)26(34)32-25(19-2-4-20(28)5-3-19)22-16-21(29)6-7-24(22)33/h2-7,14-16,25,33H,10-12H2,1H3,(H,32,34). The number of rotatable bonds is 5. The van der Waals surface area contributed by atoms with E-state index in [0.29, 0.717) is 23.2 Å². The van der Waals surface area contributed by atoms with E-state index in [-0.39, 0.29) is 22.4 Å². The number of hydrogen-bond acceptors (Lipinski definition) is 4. The summed E-state index contributed by atoms with van der Waals surface area (Å²) in [5.41, 5.74) is 1.58. The van der Waals surface area contributed by atoms with Crippen molar-refractivity contribution in [1.29, 1.82) is 5.26 Å². The van der Waals surface area contributed by atoms with Gasteiger partial charge in [-0.05, 0) is 67.8 Å². The van der Waals surface area contributed by atoms with Crippen molar-refractivity contribution >= 4 is 5.91 Å². The Bertz CT molecular complexity index is 1350. The maximum Gasteiger partial charge on any atom is 0.270 e. The number of amides is 1. The van der Waals surface area contributed by atoms with Gasteiger partial charge in [0.1, 0.15) is 23.1 Å². The van der Waals surface area contributed by atoms with Gasteiger partial charge in [-0.3, -0.25) is 4.79 Å². The molecule has 1 aliphatic carbocycles. The van der Waals surface area contributed by atoms with Crippen molar-refractivity contribution in [2.45, 2.75) is 32.2 Å². The molecule has 0 saturated heterocycles. The van der Waals surface area contributed by atoms with Crippen molar-refractivity contribution in [3.05, 3.63) is 94.3 Å².